The van der Waals surface area contributed by atoms with E-state index in [0.717, 1.165) is 31.2 Å². The second-order valence-electron chi connectivity index (χ2n) is 7.01. The first-order chi connectivity index (χ1) is 12.9. The monoisotopic (exact) mass is 370 g/mol. The number of nitrogens with one attached hydrogen (secondary N) is 2. The van der Waals surface area contributed by atoms with Crippen molar-refractivity contribution in [3.63, 3.8) is 0 Å². The lowest BCUT2D eigenvalue weighted by Gasteiger charge is -2.17. The van der Waals surface area contributed by atoms with Crippen LogP contribution in [0.15, 0.2) is 17.1 Å². The lowest BCUT2D eigenvalue weighted by atomic mass is 10.1. The van der Waals surface area contributed by atoms with Crippen LogP contribution in [0.5, 0.6) is 0 Å². The summed E-state index contributed by atoms with van der Waals surface area (Å²) in [6.45, 7) is 3.60. The van der Waals surface area contributed by atoms with Crippen molar-refractivity contribution >= 4 is 17.4 Å². The zero-order valence-electron chi connectivity index (χ0n) is 16.0. The predicted molar refractivity (Wildman–Crippen MR) is 105 cm³/mol. The highest BCUT2D eigenvalue weighted by Gasteiger charge is 2.20. The van der Waals surface area contributed by atoms with Crippen molar-refractivity contribution < 1.29 is 4.79 Å². The van der Waals surface area contributed by atoms with E-state index in [1.165, 1.54) is 4.57 Å². The fourth-order valence-electron chi connectivity index (χ4n) is 3.43. The third-order valence-electron chi connectivity index (χ3n) is 5.00. The summed E-state index contributed by atoms with van der Waals surface area (Å²) in [4.78, 5) is 33.5. The Labute approximate surface area is 158 Å². The van der Waals surface area contributed by atoms with E-state index in [-0.39, 0.29) is 23.9 Å². The third kappa shape index (κ3) is 3.94. The molecule has 0 radical (unpaired) electrons. The lowest BCUT2D eigenvalue weighted by Crippen LogP contribution is -2.30. The molecule has 0 unspecified atom stereocenters. The van der Waals surface area contributed by atoms with E-state index in [1.54, 1.807) is 33.2 Å². The first-order valence-electron chi connectivity index (χ1n) is 9.23. The molecule has 0 spiro atoms. The first kappa shape index (κ1) is 18.9. The number of hydrogen-bond donors (Lipinski definition) is 3. The molecular formula is C19H26N6O2. The summed E-state index contributed by atoms with van der Waals surface area (Å²) < 4.78 is 1.48. The quantitative estimate of drug-likeness (QED) is 0.734. The average molecular weight is 370 g/mol. The van der Waals surface area contributed by atoms with Crippen molar-refractivity contribution in [2.75, 3.05) is 18.1 Å². The van der Waals surface area contributed by atoms with E-state index in [9.17, 15) is 9.59 Å². The molecule has 1 saturated carbocycles. The van der Waals surface area contributed by atoms with Gasteiger partial charge < -0.3 is 16.4 Å². The second-order valence-corrected chi connectivity index (χ2v) is 7.01. The molecule has 1 aliphatic carbocycles. The smallest absolute Gasteiger partial charge is 0.299 e. The molecule has 8 heteroatoms. The van der Waals surface area contributed by atoms with E-state index in [2.05, 4.69) is 20.6 Å². The zero-order valence-corrected chi connectivity index (χ0v) is 16.0. The fraction of sp³-hybridized carbons (Fsp3) is 0.474. The Morgan fingerprint density at radius 3 is 2.70 bits per heavy atom. The van der Waals surface area contributed by atoms with Gasteiger partial charge in [-0.05, 0) is 38.3 Å². The van der Waals surface area contributed by atoms with Crippen molar-refractivity contribution in [2.24, 2.45) is 0 Å². The SMILES string of the molecule is CNC(=O)Cc1cc(N)c(-n2c(C)cnc(NC3CCCC3)c2=O)nc1C. The zero-order chi connectivity index (χ0) is 19.6. The normalized spacial score (nSPS) is 14.3. The number of pyridine rings is 1. The number of amides is 1. The molecule has 1 aliphatic rings. The van der Waals surface area contributed by atoms with Gasteiger partial charge in [-0.15, -0.1) is 0 Å². The molecular weight excluding hydrogens is 344 g/mol. The Morgan fingerprint density at radius 1 is 1.33 bits per heavy atom. The van der Waals surface area contributed by atoms with Gasteiger partial charge in [-0.1, -0.05) is 12.8 Å². The van der Waals surface area contributed by atoms with Gasteiger partial charge >= 0.3 is 0 Å². The number of nitrogen functional groups attached to an aromatic ring is 1. The number of carbonyl (C=O) groups is 1. The number of aryl methyl sites for hydroxylation is 2. The van der Waals surface area contributed by atoms with E-state index in [0.29, 0.717) is 28.7 Å². The van der Waals surface area contributed by atoms with Crippen molar-refractivity contribution in [3.05, 3.63) is 39.6 Å². The number of hydrogen-bond acceptors (Lipinski definition) is 6. The van der Waals surface area contributed by atoms with Crippen LogP contribution in [0, 0.1) is 13.8 Å². The molecule has 2 heterocycles. The standard InChI is InChI=1S/C19H26N6O2/c1-11-10-22-17(24-14-6-4-5-7-14)19(27)25(11)18-15(20)8-13(12(2)23-18)9-16(26)21-3/h8,10,14H,4-7,9,20H2,1-3H3,(H,21,26)(H,22,24). The average Bonchev–Trinajstić information content (AvgIpc) is 3.14. The molecule has 0 bridgehead atoms. The Bertz CT molecular complexity index is 915. The predicted octanol–water partition coefficient (Wildman–Crippen LogP) is 1.47. The number of aromatic nitrogens is 3. The summed E-state index contributed by atoms with van der Waals surface area (Å²) in [7, 11) is 1.58. The van der Waals surface area contributed by atoms with E-state index < -0.39 is 0 Å². The van der Waals surface area contributed by atoms with Gasteiger partial charge in [0.1, 0.15) is 0 Å². The Kier molecular flexibility index (Phi) is 5.43. The Balaban J connectivity index is 2.01. The van der Waals surface area contributed by atoms with Crippen LogP contribution in [-0.4, -0.2) is 33.5 Å². The molecule has 0 aliphatic heterocycles. The van der Waals surface area contributed by atoms with Crippen LogP contribution in [0.4, 0.5) is 11.5 Å². The Hall–Kier alpha value is -2.90. The van der Waals surface area contributed by atoms with Crippen LogP contribution in [0.25, 0.3) is 5.82 Å². The molecule has 1 fully saturated rings. The van der Waals surface area contributed by atoms with Crippen molar-refractivity contribution in [1.82, 2.24) is 19.9 Å². The third-order valence-corrected chi connectivity index (χ3v) is 5.00. The van der Waals surface area contributed by atoms with Crippen molar-refractivity contribution in [2.45, 2.75) is 52.0 Å². The van der Waals surface area contributed by atoms with E-state index in [1.807, 2.05) is 0 Å². The van der Waals surface area contributed by atoms with Gasteiger partial charge in [-0.2, -0.15) is 0 Å². The summed E-state index contributed by atoms with van der Waals surface area (Å²) in [5, 5.41) is 5.85. The van der Waals surface area contributed by atoms with Gasteiger partial charge in [-0.3, -0.25) is 14.2 Å². The summed E-state index contributed by atoms with van der Waals surface area (Å²) in [6.07, 6.45) is 6.26. The minimum absolute atomic E-state index is 0.118. The molecule has 0 atom stereocenters. The number of likely N-dealkylation sites (N-methyl/N-ethyl adjacent to an activating group) is 1. The van der Waals surface area contributed by atoms with Gasteiger partial charge in [0.05, 0.1) is 12.1 Å². The molecule has 1 amide bonds. The van der Waals surface area contributed by atoms with Gasteiger partial charge in [0.2, 0.25) is 5.91 Å². The highest BCUT2D eigenvalue weighted by Crippen LogP contribution is 2.22. The summed E-state index contributed by atoms with van der Waals surface area (Å²) in [5.74, 6) is 0.570. The molecule has 2 aromatic heterocycles. The topological polar surface area (TPSA) is 115 Å². The highest BCUT2D eigenvalue weighted by atomic mass is 16.1. The summed E-state index contributed by atoms with van der Waals surface area (Å²) in [6, 6.07) is 1.99. The largest absolute Gasteiger partial charge is 0.396 e. The molecule has 144 valence electrons. The summed E-state index contributed by atoms with van der Waals surface area (Å²) >= 11 is 0. The fourth-order valence-corrected chi connectivity index (χ4v) is 3.43. The minimum atomic E-state index is -0.264. The maximum Gasteiger partial charge on any atom is 0.299 e. The van der Waals surface area contributed by atoms with Gasteiger partial charge in [0, 0.05) is 30.7 Å². The maximum absolute atomic E-state index is 13.0. The Morgan fingerprint density at radius 2 is 2.04 bits per heavy atom. The molecule has 27 heavy (non-hydrogen) atoms. The van der Waals surface area contributed by atoms with E-state index >= 15 is 0 Å². The van der Waals surface area contributed by atoms with Crippen LogP contribution in [-0.2, 0) is 11.2 Å². The molecule has 2 aromatic rings. The number of rotatable bonds is 5. The van der Waals surface area contributed by atoms with Gasteiger partial charge in [-0.25, -0.2) is 9.97 Å². The minimum Gasteiger partial charge on any atom is -0.396 e. The highest BCUT2D eigenvalue weighted by molar-refractivity contribution is 5.79. The molecule has 4 N–H and O–H groups in total. The second kappa shape index (κ2) is 7.77. The molecule has 0 aromatic carbocycles. The van der Waals surface area contributed by atoms with Crippen LogP contribution in [0.3, 0.4) is 0 Å². The number of nitrogens with two attached hydrogens (primary N) is 1. The number of anilines is 2. The number of nitrogens with zero attached hydrogens (tertiary/aromatic N) is 3. The van der Waals surface area contributed by atoms with Crippen LogP contribution < -0.4 is 21.9 Å². The number of carbonyl (C=O) groups excluding carboxylic acids is 1. The first-order valence-corrected chi connectivity index (χ1v) is 9.23. The molecule has 3 rings (SSSR count). The van der Waals surface area contributed by atoms with Crippen LogP contribution >= 0.6 is 0 Å². The van der Waals surface area contributed by atoms with Crippen LogP contribution in [0.1, 0.15) is 42.6 Å². The van der Waals surface area contributed by atoms with Crippen molar-refractivity contribution in [3.8, 4) is 5.82 Å². The maximum atomic E-state index is 13.0. The van der Waals surface area contributed by atoms with E-state index in [4.69, 9.17) is 5.73 Å². The van der Waals surface area contributed by atoms with Gasteiger partial charge in [0.15, 0.2) is 11.6 Å². The van der Waals surface area contributed by atoms with Gasteiger partial charge in [0.25, 0.3) is 5.56 Å². The lowest BCUT2D eigenvalue weighted by molar-refractivity contribution is -0.119. The molecule has 8 nitrogen and oxygen atoms in total. The van der Waals surface area contributed by atoms with Crippen LogP contribution in [0.2, 0.25) is 0 Å². The summed E-state index contributed by atoms with van der Waals surface area (Å²) in [5.41, 5.74) is 8.33. The molecule has 0 saturated heterocycles. The van der Waals surface area contributed by atoms with Crippen molar-refractivity contribution in [1.29, 1.82) is 0 Å².